The third-order valence-corrected chi connectivity index (χ3v) is 1.44. The SMILES string of the molecule is C=CCC(=O)C(N)C(C)C. The van der Waals surface area contributed by atoms with Crippen LogP contribution in [0.15, 0.2) is 12.7 Å². The molecule has 10 heavy (non-hydrogen) atoms. The number of allylic oxidation sites excluding steroid dienone is 1. The lowest BCUT2D eigenvalue weighted by Gasteiger charge is -2.12. The maximum atomic E-state index is 11.0. The summed E-state index contributed by atoms with van der Waals surface area (Å²) in [5, 5.41) is 0. The minimum atomic E-state index is -0.321. The van der Waals surface area contributed by atoms with Gasteiger partial charge in [0.2, 0.25) is 0 Å². The lowest BCUT2D eigenvalue weighted by atomic mass is 9.99. The molecule has 1 unspecified atom stereocenters. The number of carbonyl (C=O) groups excluding carboxylic acids is 1. The average Bonchev–Trinajstić information content (AvgIpc) is 1.87. The Kier molecular flexibility index (Phi) is 3.96. The normalized spacial score (nSPS) is 13.2. The molecular formula is C8H15NO. The van der Waals surface area contributed by atoms with Gasteiger partial charge in [0.05, 0.1) is 6.04 Å². The van der Waals surface area contributed by atoms with E-state index >= 15 is 0 Å². The van der Waals surface area contributed by atoms with Crippen LogP contribution in [0.25, 0.3) is 0 Å². The molecule has 0 radical (unpaired) electrons. The van der Waals surface area contributed by atoms with Crippen LogP contribution in [0.5, 0.6) is 0 Å². The zero-order valence-corrected chi connectivity index (χ0v) is 6.63. The standard InChI is InChI=1S/C8H15NO/c1-4-5-7(10)8(9)6(2)3/h4,6,8H,1,5,9H2,2-3H3. The molecule has 0 spiro atoms. The first-order valence-electron chi connectivity index (χ1n) is 3.48. The van der Waals surface area contributed by atoms with Crippen LogP contribution in [0.4, 0.5) is 0 Å². The van der Waals surface area contributed by atoms with Gasteiger partial charge in [-0.15, -0.1) is 6.58 Å². The van der Waals surface area contributed by atoms with E-state index in [0.29, 0.717) is 6.42 Å². The summed E-state index contributed by atoms with van der Waals surface area (Å²) in [7, 11) is 0. The van der Waals surface area contributed by atoms with Crippen LogP contribution in [-0.2, 0) is 4.79 Å². The van der Waals surface area contributed by atoms with E-state index in [1.54, 1.807) is 6.08 Å². The molecule has 0 aromatic rings. The predicted octanol–water partition coefficient (Wildman–Crippen LogP) is 1.11. The molecule has 2 nitrogen and oxygen atoms in total. The maximum absolute atomic E-state index is 11.0. The van der Waals surface area contributed by atoms with E-state index in [1.807, 2.05) is 13.8 Å². The fourth-order valence-electron chi connectivity index (χ4n) is 0.650. The van der Waals surface area contributed by atoms with Crippen LogP contribution in [0.3, 0.4) is 0 Å². The Hall–Kier alpha value is -0.630. The van der Waals surface area contributed by atoms with Gasteiger partial charge in [0.25, 0.3) is 0 Å². The van der Waals surface area contributed by atoms with E-state index < -0.39 is 0 Å². The molecule has 0 fully saturated rings. The van der Waals surface area contributed by atoms with Crippen LogP contribution in [0.2, 0.25) is 0 Å². The first kappa shape index (κ1) is 9.37. The highest BCUT2D eigenvalue weighted by Gasteiger charge is 2.14. The zero-order chi connectivity index (χ0) is 8.15. The van der Waals surface area contributed by atoms with Crippen molar-refractivity contribution in [2.45, 2.75) is 26.3 Å². The minimum Gasteiger partial charge on any atom is -0.321 e. The predicted molar refractivity (Wildman–Crippen MR) is 42.6 cm³/mol. The molecule has 0 aliphatic carbocycles. The Labute approximate surface area is 62.1 Å². The van der Waals surface area contributed by atoms with Crippen molar-refractivity contribution in [3.63, 3.8) is 0 Å². The topological polar surface area (TPSA) is 43.1 Å². The second kappa shape index (κ2) is 4.23. The van der Waals surface area contributed by atoms with Crippen LogP contribution >= 0.6 is 0 Å². The van der Waals surface area contributed by atoms with Crippen LogP contribution in [-0.4, -0.2) is 11.8 Å². The third kappa shape index (κ3) is 2.78. The average molecular weight is 141 g/mol. The number of rotatable bonds is 4. The number of hydrogen-bond donors (Lipinski definition) is 1. The molecule has 2 N–H and O–H groups in total. The first-order chi connectivity index (χ1) is 4.59. The summed E-state index contributed by atoms with van der Waals surface area (Å²) in [6.45, 7) is 7.34. The van der Waals surface area contributed by atoms with Gasteiger partial charge in [-0.2, -0.15) is 0 Å². The smallest absolute Gasteiger partial charge is 0.153 e. The fraction of sp³-hybridized carbons (Fsp3) is 0.625. The van der Waals surface area contributed by atoms with Crippen LogP contribution in [0.1, 0.15) is 20.3 Å². The van der Waals surface area contributed by atoms with Crippen molar-refractivity contribution < 1.29 is 4.79 Å². The maximum Gasteiger partial charge on any atom is 0.153 e. The van der Waals surface area contributed by atoms with Crippen molar-refractivity contribution in [1.29, 1.82) is 0 Å². The van der Waals surface area contributed by atoms with Gasteiger partial charge in [-0.05, 0) is 5.92 Å². The van der Waals surface area contributed by atoms with Crippen molar-refractivity contribution in [1.82, 2.24) is 0 Å². The number of nitrogens with two attached hydrogens (primary N) is 1. The number of carbonyl (C=O) groups is 1. The molecule has 2 heteroatoms. The first-order valence-corrected chi connectivity index (χ1v) is 3.48. The molecule has 1 atom stereocenters. The molecular weight excluding hydrogens is 126 g/mol. The lowest BCUT2D eigenvalue weighted by molar-refractivity contribution is -0.120. The molecule has 0 rings (SSSR count). The van der Waals surface area contributed by atoms with Crippen molar-refractivity contribution in [3.8, 4) is 0 Å². The van der Waals surface area contributed by atoms with Gasteiger partial charge < -0.3 is 5.73 Å². The lowest BCUT2D eigenvalue weighted by Crippen LogP contribution is -2.34. The molecule has 0 saturated carbocycles. The molecule has 0 heterocycles. The quantitative estimate of drug-likeness (QED) is 0.596. The van der Waals surface area contributed by atoms with Gasteiger partial charge in [0.1, 0.15) is 0 Å². The van der Waals surface area contributed by atoms with E-state index in [9.17, 15) is 4.79 Å². The van der Waals surface area contributed by atoms with E-state index in [0.717, 1.165) is 0 Å². The Bertz CT molecular complexity index is 129. The van der Waals surface area contributed by atoms with Gasteiger partial charge in [-0.3, -0.25) is 4.79 Å². The fourth-order valence-corrected chi connectivity index (χ4v) is 0.650. The number of ketones is 1. The molecule has 0 aromatic heterocycles. The van der Waals surface area contributed by atoms with Crippen molar-refractivity contribution in [3.05, 3.63) is 12.7 Å². The molecule has 0 aromatic carbocycles. The third-order valence-electron chi connectivity index (χ3n) is 1.44. The number of hydrogen-bond acceptors (Lipinski definition) is 2. The Morgan fingerprint density at radius 2 is 2.20 bits per heavy atom. The van der Waals surface area contributed by atoms with Crippen molar-refractivity contribution in [2.24, 2.45) is 11.7 Å². The minimum absolute atomic E-state index is 0.0741. The molecule has 0 amide bonds. The molecule has 58 valence electrons. The van der Waals surface area contributed by atoms with Crippen molar-refractivity contribution in [2.75, 3.05) is 0 Å². The largest absolute Gasteiger partial charge is 0.321 e. The Morgan fingerprint density at radius 3 is 2.50 bits per heavy atom. The molecule has 0 saturated heterocycles. The Balaban J connectivity index is 3.81. The van der Waals surface area contributed by atoms with Crippen molar-refractivity contribution >= 4 is 5.78 Å². The summed E-state index contributed by atoms with van der Waals surface area (Å²) >= 11 is 0. The summed E-state index contributed by atoms with van der Waals surface area (Å²) < 4.78 is 0. The molecule has 0 bridgehead atoms. The highest BCUT2D eigenvalue weighted by molar-refractivity contribution is 5.85. The Morgan fingerprint density at radius 1 is 1.70 bits per heavy atom. The van der Waals surface area contributed by atoms with Gasteiger partial charge in [0, 0.05) is 6.42 Å². The van der Waals surface area contributed by atoms with E-state index in [-0.39, 0.29) is 17.7 Å². The molecule has 0 aliphatic heterocycles. The molecule has 0 aliphatic rings. The monoisotopic (exact) mass is 141 g/mol. The van der Waals surface area contributed by atoms with Crippen LogP contribution < -0.4 is 5.73 Å². The summed E-state index contributed by atoms with van der Waals surface area (Å²) in [4.78, 5) is 11.0. The van der Waals surface area contributed by atoms with Gasteiger partial charge in [-0.1, -0.05) is 19.9 Å². The highest BCUT2D eigenvalue weighted by Crippen LogP contribution is 2.01. The summed E-state index contributed by atoms with van der Waals surface area (Å²) in [5.74, 6) is 0.303. The van der Waals surface area contributed by atoms with E-state index in [1.165, 1.54) is 0 Å². The summed E-state index contributed by atoms with van der Waals surface area (Å²) in [6.07, 6.45) is 1.98. The second-order valence-electron chi connectivity index (χ2n) is 2.73. The van der Waals surface area contributed by atoms with Gasteiger partial charge in [0.15, 0.2) is 5.78 Å². The zero-order valence-electron chi connectivity index (χ0n) is 6.63. The van der Waals surface area contributed by atoms with Gasteiger partial charge in [-0.25, -0.2) is 0 Å². The summed E-state index contributed by atoms with van der Waals surface area (Å²) in [6, 6.07) is -0.321. The second-order valence-corrected chi connectivity index (χ2v) is 2.73. The van der Waals surface area contributed by atoms with E-state index in [4.69, 9.17) is 5.73 Å². The van der Waals surface area contributed by atoms with Crippen LogP contribution in [0, 0.1) is 5.92 Å². The van der Waals surface area contributed by atoms with E-state index in [2.05, 4.69) is 6.58 Å². The van der Waals surface area contributed by atoms with Gasteiger partial charge >= 0.3 is 0 Å². The summed E-state index contributed by atoms with van der Waals surface area (Å²) in [5.41, 5.74) is 5.55. The highest BCUT2D eigenvalue weighted by atomic mass is 16.1. The number of Topliss-reactive ketones (excluding diaryl/α,β-unsaturated/α-hetero) is 1.